The van der Waals surface area contributed by atoms with Crippen molar-refractivity contribution < 1.29 is 24.2 Å². The van der Waals surface area contributed by atoms with Gasteiger partial charge in [0.05, 0.1) is 12.7 Å². The summed E-state index contributed by atoms with van der Waals surface area (Å²) in [6.07, 6.45) is 0. The zero-order chi connectivity index (χ0) is 23.8. The van der Waals surface area contributed by atoms with Crippen LogP contribution in [-0.2, 0) is 0 Å². The monoisotopic (exact) mass is 468 g/mol. The molecule has 0 bridgehead atoms. The highest BCUT2D eigenvalue weighted by molar-refractivity contribution is 7.21. The highest BCUT2D eigenvalue weighted by atomic mass is 32.1. The van der Waals surface area contributed by atoms with Crippen LogP contribution in [0.1, 0.15) is 31.2 Å². The van der Waals surface area contributed by atoms with Gasteiger partial charge in [-0.05, 0) is 65.7 Å². The topological polar surface area (TPSA) is 72.8 Å². The lowest BCUT2D eigenvalue weighted by atomic mass is 10.0. The first kappa shape index (κ1) is 21.7. The van der Waals surface area contributed by atoms with E-state index in [2.05, 4.69) is 0 Å². The van der Waals surface area contributed by atoms with E-state index in [1.54, 1.807) is 31.4 Å². The predicted molar refractivity (Wildman–Crippen MR) is 134 cm³/mol. The first-order chi connectivity index (χ1) is 16.4. The molecule has 168 valence electrons. The number of carboxylic acid groups (broad SMARTS) is 1. The van der Waals surface area contributed by atoms with Gasteiger partial charge in [0, 0.05) is 15.6 Å². The normalized spacial score (nSPS) is 11.0. The van der Waals surface area contributed by atoms with Crippen molar-refractivity contribution in [3.8, 4) is 17.2 Å². The molecule has 6 heteroatoms. The number of fused-ring (bicyclic) bond motifs is 2. The van der Waals surface area contributed by atoms with Crippen LogP contribution < -0.4 is 9.47 Å². The number of aromatic carboxylic acids is 1. The molecule has 0 amide bonds. The molecule has 0 spiro atoms. The maximum atomic E-state index is 13.6. The third-order valence-corrected chi connectivity index (χ3v) is 6.86. The molecule has 4 aromatic carbocycles. The third kappa shape index (κ3) is 3.89. The van der Waals surface area contributed by atoms with Gasteiger partial charge in [-0.3, -0.25) is 4.79 Å². The van der Waals surface area contributed by atoms with Crippen LogP contribution in [0.25, 0.3) is 20.9 Å². The molecule has 1 aromatic heterocycles. The van der Waals surface area contributed by atoms with Crippen LogP contribution >= 0.6 is 11.3 Å². The fourth-order valence-corrected chi connectivity index (χ4v) is 5.03. The SMILES string of the molecule is COc1ccc2c(Oc3ccc4cc(C(=O)O)ccc4c3)c(C(=O)c3ccccc3C)sc2c1. The van der Waals surface area contributed by atoms with Gasteiger partial charge >= 0.3 is 5.97 Å². The molecule has 0 saturated carbocycles. The number of ether oxygens (including phenoxy) is 2. The summed E-state index contributed by atoms with van der Waals surface area (Å²) in [5.74, 6) is 0.694. The van der Waals surface area contributed by atoms with Gasteiger partial charge in [-0.15, -0.1) is 11.3 Å². The van der Waals surface area contributed by atoms with Gasteiger partial charge in [-0.2, -0.15) is 0 Å². The number of carbonyl (C=O) groups is 2. The van der Waals surface area contributed by atoms with Gasteiger partial charge in [0.1, 0.15) is 16.4 Å². The molecule has 0 aliphatic heterocycles. The van der Waals surface area contributed by atoms with Crippen molar-refractivity contribution in [2.24, 2.45) is 0 Å². The molecule has 0 saturated heterocycles. The zero-order valence-electron chi connectivity index (χ0n) is 18.5. The van der Waals surface area contributed by atoms with Crippen LogP contribution in [0.15, 0.2) is 78.9 Å². The summed E-state index contributed by atoms with van der Waals surface area (Å²) in [7, 11) is 1.61. The minimum atomic E-state index is -0.971. The van der Waals surface area contributed by atoms with E-state index in [0.717, 1.165) is 26.4 Å². The Bertz CT molecular complexity index is 1580. The minimum Gasteiger partial charge on any atom is -0.497 e. The molecule has 5 rings (SSSR count). The molecule has 0 atom stereocenters. The number of rotatable bonds is 6. The third-order valence-electron chi connectivity index (χ3n) is 5.73. The molecule has 0 aliphatic rings. The maximum Gasteiger partial charge on any atom is 0.335 e. The summed E-state index contributed by atoms with van der Waals surface area (Å²) in [5, 5.41) is 11.7. The number of ketones is 1. The Balaban J connectivity index is 1.62. The molecule has 1 heterocycles. The molecule has 0 unspecified atom stereocenters. The van der Waals surface area contributed by atoms with E-state index in [-0.39, 0.29) is 11.3 Å². The van der Waals surface area contributed by atoms with Crippen molar-refractivity contribution in [3.05, 3.63) is 100 Å². The van der Waals surface area contributed by atoms with Crippen LogP contribution in [0, 0.1) is 6.92 Å². The van der Waals surface area contributed by atoms with Crippen molar-refractivity contribution in [3.63, 3.8) is 0 Å². The van der Waals surface area contributed by atoms with E-state index in [1.165, 1.54) is 11.3 Å². The number of carbonyl (C=O) groups excluding carboxylic acids is 1. The largest absolute Gasteiger partial charge is 0.497 e. The maximum absolute atomic E-state index is 13.6. The second-order valence-corrected chi connectivity index (χ2v) is 8.95. The van der Waals surface area contributed by atoms with E-state index >= 15 is 0 Å². The quantitative estimate of drug-likeness (QED) is 0.269. The van der Waals surface area contributed by atoms with Gasteiger partial charge in [0.25, 0.3) is 0 Å². The average Bonchev–Trinajstić information content (AvgIpc) is 3.20. The number of carboxylic acids is 1. The highest BCUT2D eigenvalue weighted by Crippen LogP contribution is 2.43. The van der Waals surface area contributed by atoms with E-state index in [9.17, 15) is 14.7 Å². The molecule has 0 aliphatic carbocycles. The summed E-state index contributed by atoms with van der Waals surface area (Å²) in [6, 6.07) is 23.5. The Hall–Kier alpha value is -4.16. The van der Waals surface area contributed by atoms with E-state index in [1.807, 2.05) is 61.5 Å². The lowest BCUT2D eigenvalue weighted by molar-refractivity contribution is 0.0697. The van der Waals surface area contributed by atoms with Gasteiger partial charge in [-0.1, -0.05) is 36.4 Å². The standard InChI is InChI=1S/C28H20O5S/c1-16-5-3-4-6-22(16)25(29)27-26(23-12-11-20(32-2)15-24(23)34-27)33-21-10-9-17-13-19(28(30)31)8-7-18(17)14-21/h3-15H,1-2H3,(H,30,31). The molecule has 34 heavy (non-hydrogen) atoms. The Morgan fingerprint density at radius 3 is 2.35 bits per heavy atom. The number of methoxy groups -OCH3 is 1. The highest BCUT2D eigenvalue weighted by Gasteiger charge is 2.23. The minimum absolute atomic E-state index is 0.0971. The molecule has 5 nitrogen and oxygen atoms in total. The fraction of sp³-hybridized carbons (Fsp3) is 0.0714. The smallest absolute Gasteiger partial charge is 0.335 e. The Labute approximate surface area is 199 Å². The number of aryl methyl sites for hydroxylation is 1. The van der Waals surface area contributed by atoms with Crippen molar-refractivity contribution in [1.82, 2.24) is 0 Å². The summed E-state index contributed by atoms with van der Waals surface area (Å²) >= 11 is 1.37. The lowest BCUT2D eigenvalue weighted by Gasteiger charge is -2.10. The number of benzene rings is 4. The van der Waals surface area contributed by atoms with E-state index in [0.29, 0.717) is 27.7 Å². The van der Waals surface area contributed by atoms with Gasteiger partial charge in [-0.25, -0.2) is 4.79 Å². The zero-order valence-corrected chi connectivity index (χ0v) is 19.3. The van der Waals surface area contributed by atoms with Gasteiger partial charge in [0.15, 0.2) is 5.75 Å². The van der Waals surface area contributed by atoms with Gasteiger partial charge < -0.3 is 14.6 Å². The molecular formula is C28H20O5S. The van der Waals surface area contributed by atoms with Crippen molar-refractivity contribution in [1.29, 1.82) is 0 Å². The molecule has 0 radical (unpaired) electrons. The van der Waals surface area contributed by atoms with Crippen LogP contribution in [0.3, 0.4) is 0 Å². The summed E-state index contributed by atoms with van der Waals surface area (Å²) in [4.78, 5) is 25.3. The Morgan fingerprint density at radius 2 is 1.59 bits per heavy atom. The molecular weight excluding hydrogens is 448 g/mol. The number of thiophene rings is 1. The molecule has 0 fully saturated rings. The van der Waals surface area contributed by atoms with Crippen LogP contribution in [0.4, 0.5) is 0 Å². The second kappa shape index (κ2) is 8.65. The number of hydrogen-bond donors (Lipinski definition) is 1. The average molecular weight is 469 g/mol. The Kier molecular flexibility index (Phi) is 5.51. The van der Waals surface area contributed by atoms with Crippen molar-refractivity contribution in [2.45, 2.75) is 6.92 Å². The summed E-state index contributed by atoms with van der Waals surface area (Å²) < 4.78 is 12.6. The lowest BCUT2D eigenvalue weighted by Crippen LogP contribution is -2.03. The summed E-state index contributed by atoms with van der Waals surface area (Å²) in [6.45, 7) is 1.92. The van der Waals surface area contributed by atoms with Gasteiger partial charge in [0.2, 0.25) is 5.78 Å². The first-order valence-electron chi connectivity index (χ1n) is 10.6. The van der Waals surface area contributed by atoms with Crippen LogP contribution in [0.5, 0.6) is 17.2 Å². The fourth-order valence-electron chi connectivity index (χ4n) is 3.92. The van der Waals surface area contributed by atoms with E-state index < -0.39 is 5.97 Å². The first-order valence-corrected chi connectivity index (χ1v) is 11.4. The Morgan fingerprint density at radius 1 is 0.853 bits per heavy atom. The van der Waals surface area contributed by atoms with Crippen LogP contribution in [0.2, 0.25) is 0 Å². The van der Waals surface area contributed by atoms with Crippen molar-refractivity contribution >= 4 is 43.9 Å². The second-order valence-electron chi connectivity index (χ2n) is 7.90. The predicted octanol–water partition coefficient (Wildman–Crippen LogP) is 7.09. The number of hydrogen-bond acceptors (Lipinski definition) is 5. The van der Waals surface area contributed by atoms with Crippen LogP contribution in [-0.4, -0.2) is 24.0 Å². The molecule has 5 aromatic rings. The van der Waals surface area contributed by atoms with Crippen molar-refractivity contribution in [2.75, 3.05) is 7.11 Å². The summed E-state index contributed by atoms with van der Waals surface area (Å²) in [5.41, 5.74) is 1.75. The molecule has 1 N–H and O–H groups in total. The van der Waals surface area contributed by atoms with E-state index in [4.69, 9.17) is 9.47 Å².